The van der Waals surface area contributed by atoms with Crippen LogP contribution in [0.1, 0.15) is 18.5 Å². The molecule has 1 saturated heterocycles. The Kier molecular flexibility index (Phi) is 4.00. The molecule has 0 aliphatic carbocycles. The highest BCUT2D eigenvalue weighted by atomic mass is 32.1. The summed E-state index contributed by atoms with van der Waals surface area (Å²) >= 11 is 1.57. The predicted octanol–water partition coefficient (Wildman–Crippen LogP) is 0.469. The number of thiazole rings is 1. The van der Waals surface area contributed by atoms with E-state index in [9.17, 15) is 9.90 Å². The van der Waals surface area contributed by atoms with Crippen molar-refractivity contribution in [1.29, 1.82) is 0 Å². The van der Waals surface area contributed by atoms with Gasteiger partial charge in [0.05, 0.1) is 24.9 Å². The molecule has 3 heterocycles. The van der Waals surface area contributed by atoms with Crippen molar-refractivity contribution in [3.05, 3.63) is 23.5 Å². The van der Waals surface area contributed by atoms with Crippen LogP contribution in [0.15, 0.2) is 17.8 Å². The van der Waals surface area contributed by atoms with Crippen LogP contribution in [-0.4, -0.2) is 51.0 Å². The van der Waals surface area contributed by atoms with Crippen LogP contribution < -0.4 is 5.32 Å². The van der Waals surface area contributed by atoms with Crippen molar-refractivity contribution in [2.45, 2.75) is 25.5 Å². The van der Waals surface area contributed by atoms with Gasteiger partial charge in [-0.3, -0.25) is 14.1 Å². The van der Waals surface area contributed by atoms with E-state index in [1.165, 1.54) is 0 Å². The van der Waals surface area contributed by atoms with Crippen LogP contribution in [0.4, 0.5) is 0 Å². The number of nitrogens with zero attached hydrogens (tertiary/aromatic N) is 3. The van der Waals surface area contributed by atoms with Crippen molar-refractivity contribution in [1.82, 2.24) is 19.6 Å². The summed E-state index contributed by atoms with van der Waals surface area (Å²) in [7, 11) is 0. The maximum Gasteiger partial charge on any atom is 0.234 e. The number of hydrogen-bond acceptors (Lipinski definition) is 5. The topological polar surface area (TPSA) is 69.9 Å². The second kappa shape index (κ2) is 5.90. The summed E-state index contributed by atoms with van der Waals surface area (Å²) < 4.78 is 1.95. The molecule has 1 atom stereocenters. The molecule has 0 saturated carbocycles. The van der Waals surface area contributed by atoms with E-state index in [2.05, 4.69) is 10.3 Å². The monoisotopic (exact) mass is 294 g/mol. The summed E-state index contributed by atoms with van der Waals surface area (Å²) in [5, 5.41) is 14.4. The number of rotatable bonds is 4. The van der Waals surface area contributed by atoms with Crippen LogP contribution in [-0.2, 0) is 11.3 Å². The minimum atomic E-state index is -0.295. The van der Waals surface area contributed by atoms with Gasteiger partial charge in [-0.2, -0.15) is 0 Å². The number of piperidine rings is 1. The van der Waals surface area contributed by atoms with Gasteiger partial charge in [-0.1, -0.05) is 0 Å². The van der Waals surface area contributed by atoms with E-state index in [-0.39, 0.29) is 12.0 Å². The Bertz CT molecular complexity index is 565. The van der Waals surface area contributed by atoms with Crippen molar-refractivity contribution < 1.29 is 9.90 Å². The van der Waals surface area contributed by atoms with Crippen molar-refractivity contribution in [3.8, 4) is 0 Å². The third-order valence-corrected chi connectivity index (χ3v) is 4.23. The van der Waals surface area contributed by atoms with Gasteiger partial charge in [0.15, 0.2) is 4.96 Å². The van der Waals surface area contributed by atoms with E-state index < -0.39 is 0 Å². The van der Waals surface area contributed by atoms with Crippen molar-refractivity contribution in [2.75, 3.05) is 19.6 Å². The number of aromatic nitrogens is 2. The van der Waals surface area contributed by atoms with Gasteiger partial charge in [0.25, 0.3) is 0 Å². The highest BCUT2D eigenvalue weighted by Gasteiger charge is 2.19. The third-order valence-electron chi connectivity index (χ3n) is 3.46. The molecular formula is C13H18N4O2S. The van der Waals surface area contributed by atoms with E-state index in [1.54, 1.807) is 11.3 Å². The summed E-state index contributed by atoms with van der Waals surface area (Å²) in [5.74, 6) is -0.0181. The molecule has 20 heavy (non-hydrogen) atoms. The van der Waals surface area contributed by atoms with Crippen molar-refractivity contribution in [2.24, 2.45) is 0 Å². The molecule has 3 rings (SSSR count). The zero-order valence-electron chi connectivity index (χ0n) is 11.2. The predicted molar refractivity (Wildman–Crippen MR) is 76.6 cm³/mol. The summed E-state index contributed by atoms with van der Waals surface area (Å²) in [6.07, 6.45) is 5.37. The lowest BCUT2D eigenvalue weighted by molar-refractivity contribution is -0.123. The number of hydrogen-bond donors (Lipinski definition) is 2. The van der Waals surface area contributed by atoms with Gasteiger partial charge >= 0.3 is 0 Å². The van der Waals surface area contributed by atoms with Gasteiger partial charge in [0.2, 0.25) is 5.91 Å². The molecule has 0 radical (unpaired) electrons. The SMILES string of the molecule is O=C(CN1CCC[C@@H](O)C1)NCc1cn2ccsc2n1. The number of carbonyl (C=O) groups is 1. The average molecular weight is 294 g/mol. The first-order chi connectivity index (χ1) is 9.70. The molecule has 1 fully saturated rings. The molecule has 1 aliphatic heterocycles. The van der Waals surface area contributed by atoms with Crippen LogP contribution in [0, 0.1) is 0 Å². The van der Waals surface area contributed by atoms with Gasteiger partial charge in [0.1, 0.15) is 0 Å². The van der Waals surface area contributed by atoms with Gasteiger partial charge < -0.3 is 10.4 Å². The van der Waals surface area contributed by atoms with Gasteiger partial charge in [-0.15, -0.1) is 11.3 Å². The highest BCUT2D eigenvalue weighted by Crippen LogP contribution is 2.11. The average Bonchev–Trinajstić information content (AvgIpc) is 2.97. The lowest BCUT2D eigenvalue weighted by Crippen LogP contribution is -2.44. The number of aliphatic hydroxyl groups is 1. The van der Waals surface area contributed by atoms with Gasteiger partial charge in [-0.25, -0.2) is 4.98 Å². The maximum absolute atomic E-state index is 11.9. The van der Waals surface area contributed by atoms with Crippen molar-refractivity contribution in [3.63, 3.8) is 0 Å². The van der Waals surface area contributed by atoms with Crippen LogP contribution in [0.3, 0.4) is 0 Å². The fraction of sp³-hybridized carbons (Fsp3) is 0.538. The molecule has 0 aromatic carbocycles. The van der Waals surface area contributed by atoms with E-state index in [0.29, 0.717) is 19.6 Å². The summed E-state index contributed by atoms with van der Waals surface area (Å²) in [6.45, 7) is 2.27. The lowest BCUT2D eigenvalue weighted by atomic mass is 10.1. The number of β-amino-alcohol motifs (C(OH)–C–C–N with tert-alkyl or cyclic N) is 1. The Hall–Kier alpha value is -1.44. The van der Waals surface area contributed by atoms with Crippen LogP contribution in [0.2, 0.25) is 0 Å². The molecule has 2 N–H and O–H groups in total. The zero-order chi connectivity index (χ0) is 13.9. The Morgan fingerprint density at radius 2 is 2.50 bits per heavy atom. The van der Waals surface area contributed by atoms with Crippen LogP contribution in [0.25, 0.3) is 4.96 Å². The largest absolute Gasteiger partial charge is 0.392 e. The van der Waals surface area contributed by atoms with E-state index in [4.69, 9.17) is 0 Å². The number of aliphatic hydroxyl groups excluding tert-OH is 1. The van der Waals surface area contributed by atoms with Crippen molar-refractivity contribution >= 4 is 22.2 Å². The highest BCUT2D eigenvalue weighted by molar-refractivity contribution is 7.15. The maximum atomic E-state index is 11.9. The second-order valence-corrected chi connectivity index (χ2v) is 6.01. The number of amides is 1. The first-order valence-electron chi connectivity index (χ1n) is 6.79. The Morgan fingerprint density at radius 1 is 1.60 bits per heavy atom. The van der Waals surface area contributed by atoms with Crippen LogP contribution in [0.5, 0.6) is 0 Å². The number of likely N-dealkylation sites (tertiary alicyclic amines) is 1. The molecule has 0 spiro atoms. The summed E-state index contributed by atoms with van der Waals surface area (Å²) in [5.41, 5.74) is 0.865. The first-order valence-corrected chi connectivity index (χ1v) is 7.67. The number of nitrogens with one attached hydrogen (secondary N) is 1. The minimum absolute atomic E-state index is 0.0181. The molecule has 1 aliphatic rings. The number of carbonyl (C=O) groups excluding carboxylic acids is 1. The summed E-state index contributed by atoms with van der Waals surface area (Å²) in [4.78, 5) is 19.2. The third kappa shape index (κ3) is 3.17. The minimum Gasteiger partial charge on any atom is -0.392 e. The quantitative estimate of drug-likeness (QED) is 0.860. The Morgan fingerprint density at radius 3 is 3.30 bits per heavy atom. The molecule has 7 heteroatoms. The standard InChI is InChI=1S/C13H18N4O2S/c18-11-2-1-3-16(8-11)9-12(19)14-6-10-7-17-4-5-20-13(17)15-10/h4-5,7,11,18H,1-3,6,8-9H2,(H,14,19)/t11-/m1/s1. The lowest BCUT2D eigenvalue weighted by Gasteiger charge is -2.29. The first kappa shape index (κ1) is 13.5. The molecule has 0 bridgehead atoms. The molecular weight excluding hydrogens is 276 g/mol. The summed E-state index contributed by atoms with van der Waals surface area (Å²) in [6, 6.07) is 0. The number of fused-ring (bicyclic) bond motifs is 1. The molecule has 108 valence electrons. The molecule has 6 nitrogen and oxygen atoms in total. The fourth-order valence-electron chi connectivity index (χ4n) is 2.48. The van der Waals surface area contributed by atoms with Gasteiger partial charge in [-0.05, 0) is 19.4 Å². The van der Waals surface area contributed by atoms with Gasteiger partial charge in [0, 0.05) is 24.3 Å². The fourth-order valence-corrected chi connectivity index (χ4v) is 3.20. The second-order valence-electron chi connectivity index (χ2n) is 5.13. The van der Waals surface area contributed by atoms with E-state index in [0.717, 1.165) is 30.0 Å². The smallest absolute Gasteiger partial charge is 0.234 e. The molecule has 0 unspecified atom stereocenters. The van der Waals surface area contributed by atoms with E-state index >= 15 is 0 Å². The Labute approximate surface area is 121 Å². The molecule has 1 amide bonds. The van der Waals surface area contributed by atoms with E-state index in [1.807, 2.05) is 27.1 Å². The zero-order valence-corrected chi connectivity index (χ0v) is 12.0. The number of imidazole rings is 1. The molecule has 2 aromatic rings. The van der Waals surface area contributed by atoms with Crippen LogP contribution >= 0.6 is 11.3 Å². The normalized spacial score (nSPS) is 20.4. The molecule has 2 aromatic heterocycles. The Balaban J connectivity index is 1.48.